The molecule has 89 valence electrons. The molecule has 0 saturated carbocycles. The number of hydrogen-bond donors (Lipinski definition) is 4. The zero-order valence-corrected chi connectivity index (χ0v) is 10.6. The maximum atomic E-state index is 8.76. The van der Waals surface area contributed by atoms with Gasteiger partial charge in [0.05, 0.1) is 11.4 Å². The summed E-state index contributed by atoms with van der Waals surface area (Å²) in [7, 11) is 0. The normalized spacial score (nSPS) is 17.4. The summed E-state index contributed by atoms with van der Waals surface area (Å²) in [5.41, 5.74) is 0.597. The van der Waals surface area contributed by atoms with E-state index in [1.165, 1.54) is 12.2 Å². The van der Waals surface area contributed by atoms with Crippen LogP contribution in [0.25, 0.3) is 0 Å². The van der Waals surface area contributed by atoms with E-state index < -0.39 is 0 Å². The molecule has 1 radical (unpaired) electrons. The minimum absolute atomic E-state index is 0. The molecule has 5 heteroatoms. The third kappa shape index (κ3) is 5.38. The molecule has 2 aliphatic rings. The van der Waals surface area contributed by atoms with E-state index in [1.54, 1.807) is 12.2 Å². The number of allylic oxidation sites excluding steroid dienone is 8. The largest absolute Gasteiger partial charge is 0.506 e. The second-order valence-electron chi connectivity index (χ2n) is 3.33. The van der Waals surface area contributed by atoms with Gasteiger partial charge in [0.1, 0.15) is 11.5 Å². The molecule has 4 nitrogen and oxygen atoms in total. The van der Waals surface area contributed by atoms with Gasteiger partial charge >= 0.3 is 0 Å². The molecule has 0 heterocycles. The molecule has 0 aromatic heterocycles. The van der Waals surface area contributed by atoms with Crippen molar-refractivity contribution in [1.82, 2.24) is 0 Å². The third-order valence-electron chi connectivity index (χ3n) is 2.04. The first-order valence-electron chi connectivity index (χ1n) is 4.88. The van der Waals surface area contributed by atoms with Crippen molar-refractivity contribution in [1.29, 1.82) is 10.8 Å². The van der Waals surface area contributed by atoms with Crippen LogP contribution in [-0.4, -0.2) is 21.6 Å². The smallest absolute Gasteiger partial charge is 0.136 e. The van der Waals surface area contributed by atoms with E-state index in [9.17, 15) is 0 Å². The predicted molar refractivity (Wildman–Crippen MR) is 64.4 cm³/mol. The van der Waals surface area contributed by atoms with E-state index in [0.717, 1.165) is 0 Å². The van der Waals surface area contributed by atoms with E-state index in [1.807, 2.05) is 12.2 Å². The van der Waals surface area contributed by atoms with Gasteiger partial charge in [0.25, 0.3) is 0 Å². The van der Waals surface area contributed by atoms with Gasteiger partial charge in [-0.3, -0.25) is 0 Å². The van der Waals surface area contributed by atoms with Gasteiger partial charge in [-0.25, -0.2) is 0 Å². The van der Waals surface area contributed by atoms with Crippen LogP contribution < -0.4 is 0 Å². The first-order valence-corrected chi connectivity index (χ1v) is 4.88. The van der Waals surface area contributed by atoms with Crippen LogP contribution in [0.15, 0.2) is 48.0 Å². The van der Waals surface area contributed by atoms with Crippen LogP contribution >= 0.6 is 0 Å². The second-order valence-corrected chi connectivity index (χ2v) is 3.33. The van der Waals surface area contributed by atoms with Crippen LogP contribution in [0.3, 0.4) is 0 Å². The van der Waals surface area contributed by atoms with Crippen molar-refractivity contribution in [3.8, 4) is 0 Å². The Hall–Kier alpha value is -1.52. The number of hydrogen-bond acceptors (Lipinski definition) is 4. The predicted octanol–water partition coefficient (Wildman–Crippen LogP) is 2.81. The van der Waals surface area contributed by atoms with Gasteiger partial charge in [-0.05, 0) is 12.2 Å². The Bertz CT molecular complexity index is 380. The molecule has 0 fully saturated rings. The fourth-order valence-electron chi connectivity index (χ4n) is 1.10. The second kappa shape index (κ2) is 7.71. The number of nitrogens with one attached hydrogen (secondary N) is 2. The van der Waals surface area contributed by atoms with Crippen LogP contribution in [0.4, 0.5) is 0 Å². The van der Waals surface area contributed by atoms with Gasteiger partial charge in [0.15, 0.2) is 0 Å². The zero-order chi connectivity index (χ0) is 12.0. The fraction of sp³-hybridized carbons (Fsp3) is 0.167. The standard InChI is InChI=1S/2C6H7NO.V/c2*7-5-3-1-2-4-6(5)8;/h2*1-2,4,7-8H,3H2;. The summed E-state index contributed by atoms with van der Waals surface area (Å²) in [5.74, 6) is 0.181. The van der Waals surface area contributed by atoms with Crippen molar-refractivity contribution < 1.29 is 28.8 Å². The summed E-state index contributed by atoms with van der Waals surface area (Å²) in [6.45, 7) is 0. The summed E-state index contributed by atoms with van der Waals surface area (Å²) in [6.07, 6.45) is 11.3. The van der Waals surface area contributed by atoms with Crippen LogP contribution in [0.1, 0.15) is 12.8 Å². The van der Waals surface area contributed by atoms with Crippen molar-refractivity contribution in [3.05, 3.63) is 48.0 Å². The number of rotatable bonds is 0. The van der Waals surface area contributed by atoms with Gasteiger partial charge in [-0.15, -0.1) is 0 Å². The molecule has 2 aliphatic carbocycles. The van der Waals surface area contributed by atoms with Crippen LogP contribution in [-0.2, 0) is 18.6 Å². The Morgan fingerprint density at radius 1 is 0.824 bits per heavy atom. The van der Waals surface area contributed by atoms with Crippen molar-refractivity contribution in [2.24, 2.45) is 0 Å². The Morgan fingerprint density at radius 2 is 1.18 bits per heavy atom. The summed E-state index contributed by atoms with van der Waals surface area (Å²) in [5, 5.41) is 31.6. The Morgan fingerprint density at radius 3 is 1.35 bits per heavy atom. The Labute approximate surface area is 112 Å². The summed E-state index contributed by atoms with van der Waals surface area (Å²) in [4.78, 5) is 0. The molecule has 0 bridgehead atoms. The molecule has 17 heavy (non-hydrogen) atoms. The maximum Gasteiger partial charge on any atom is 0.136 e. The first kappa shape index (κ1) is 15.5. The van der Waals surface area contributed by atoms with Crippen LogP contribution in [0.2, 0.25) is 0 Å². The van der Waals surface area contributed by atoms with Gasteiger partial charge in [0, 0.05) is 31.4 Å². The molecule has 0 amide bonds. The summed E-state index contributed by atoms with van der Waals surface area (Å²) >= 11 is 0. The monoisotopic (exact) mass is 269 g/mol. The van der Waals surface area contributed by atoms with E-state index in [2.05, 4.69) is 0 Å². The fourth-order valence-corrected chi connectivity index (χ4v) is 1.10. The molecule has 0 aromatic rings. The van der Waals surface area contributed by atoms with Crippen molar-refractivity contribution in [3.63, 3.8) is 0 Å². The minimum Gasteiger partial charge on any atom is -0.506 e. The molecule has 0 unspecified atom stereocenters. The van der Waals surface area contributed by atoms with Gasteiger partial charge in [-0.1, -0.05) is 24.3 Å². The van der Waals surface area contributed by atoms with Crippen molar-refractivity contribution in [2.45, 2.75) is 12.8 Å². The first-order chi connectivity index (χ1) is 7.61. The Balaban J connectivity index is 0.000000284. The van der Waals surface area contributed by atoms with Crippen molar-refractivity contribution >= 4 is 11.4 Å². The molecule has 0 spiro atoms. The van der Waals surface area contributed by atoms with E-state index in [4.69, 9.17) is 21.0 Å². The van der Waals surface area contributed by atoms with Gasteiger partial charge in [0.2, 0.25) is 0 Å². The molecule has 0 saturated heterocycles. The van der Waals surface area contributed by atoms with E-state index in [-0.39, 0.29) is 30.1 Å². The number of aliphatic hydroxyl groups is 2. The molecule has 0 aromatic carbocycles. The topological polar surface area (TPSA) is 88.2 Å². The van der Waals surface area contributed by atoms with Crippen LogP contribution in [0.5, 0.6) is 0 Å². The SMILES string of the molecule is N=C1CC=CC=C1O.N=C1CC=CC=C1O.[V]. The van der Waals surface area contributed by atoms with Crippen LogP contribution in [0, 0.1) is 10.8 Å². The molecule has 0 aliphatic heterocycles. The average molecular weight is 269 g/mol. The Kier molecular flexibility index (Phi) is 7.02. The molecular weight excluding hydrogens is 255 g/mol. The van der Waals surface area contributed by atoms with Gasteiger partial charge in [-0.2, -0.15) is 0 Å². The third-order valence-corrected chi connectivity index (χ3v) is 2.04. The molecular formula is C12H14N2O2V. The zero-order valence-electron chi connectivity index (χ0n) is 9.22. The molecule has 2 rings (SSSR count). The van der Waals surface area contributed by atoms with Gasteiger partial charge < -0.3 is 21.0 Å². The molecule has 0 atom stereocenters. The summed E-state index contributed by atoms with van der Waals surface area (Å²) < 4.78 is 0. The quantitative estimate of drug-likeness (QED) is 0.545. The maximum absolute atomic E-state index is 8.76. The number of aliphatic hydroxyl groups excluding tert-OH is 2. The van der Waals surface area contributed by atoms with E-state index in [0.29, 0.717) is 24.3 Å². The minimum atomic E-state index is 0. The summed E-state index contributed by atoms with van der Waals surface area (Å²) in [6, 6.07) is 0. The van der Waals surface area contributed by atoms with Crippen molar-refractivity contribution in [2.75, 3.05) is 0 Å². The molecule has 4 N–H and O–H groups in total. The van der Waals surface area contributed by atoms with E-state index >= 15 is 0 Å². The average Bonchev–Trinajstić information content (AvgIpc) is 2.28.